The second kappa shape index (κ2) is 8.76. The number of hydrogen-bond donors (Lipinski definition) is 1. The van der Waals surface area contributed by atoms with Gasteiger partial charge in [0, 0.05) is 24.9 Å². The van der Waals surface area contributed by atoms with Gasteiger partial charge in [0.2, 0.25) is 11.0 Å². The molecule has 2 aromatic rings. The number of aromatic nitrogens is 2. The van der Waals surface area contributed by atoms with Gasteiger partial charge in [0.15, 0.2) is 0 Å². The summed E-state index contributed by atoms with van der Waals surface area (Å²) in [6.07, 6.45) is 3.01. The highest BCUT2D eigenvalue weighted by Gasteiger charge is 2.32. The molecule has 1 aliphatic rings. The number of rotatable bonds is 7. The largest absolute Gasteiger partial charge is 0.300 e. The minimum absolute atomic E-state index is 0.101. The highest BCUT2D eigenvalue weighted by Crippen LogP contribution is 2.30. The van der Waals surface area contributed by atoms with Gasteiger partial charge in [0.05, 0.1) is 0 Å². The van der Waals surface area contributed by atoms with Crippen LogP contribution in [0.3, 0.4) is 0 Å². The molecule has 0 bridgehead atoms. The van der Waals surface area contributed by atoms with Crippen molar-refractivity contribution in [2.24, 2.45) is 5.92 Å². The van der Waals surface area contributed by atoms with Gasteiger partial charge >= 0.3 is 0 Å². The standard InChI is InChI=1S/C17H24N4O3S3/c1-3-12(4-2)16-19-20-17(26-16)18-15(22)13-7-9-21(10-8-13)27(23,24)14-6-5-11-25-14/h5-6,11-13H,3-4,7-10H2,1-2H3,(H,18,20,22). The van der Waals surface area contributed by atoms with Crippen LogP contribution in [0.1, 0.15) is 50.5 Å². The summed E-state index contributed by atoms with van der Waals surface area (Å²) in [5, 5.41) is 14.4. The van der Waals surface area contributed by atoms with Crippen molar-refractivity contribution in [3.8, 4) is 0 Å². The van der Waals surface area contributed by atoms with E-state index in [9.17, 15) is 13.2 Å². The molecular formula is C17H24N4O3S3. The molecule has 3 heterocycles. The molecule has 3 rings (SSSR count). The predicted molar refractivity (Wildman–Crippen MR) is 108 cm³/mol. The molecule has 1 saturated heterocycles. The van der Waals surface area contributed by atoms with Gasteiger partial charge in [-0.2, -0.15) is 4.31 Å². The van der Waals surface area contributed by atoms with Crippen LogP contribution in [0.15, 0.2) is 21.7 Å². The van der Waals surface area contributed by atoms with E-state index in [1.807, 2.05) is 0 Å². The molecule has 1 amide bonds. The lowest BCUT2D eigenvalue weighted by Gasteiger charge is -2.29. The van der Waals surface area contributed by atoms with Gasteiger partial charge in [0.25, 0.3) is 10.0 Å². The van der Waals surface area contributed by atoms with Crippen molar-refractivity contribution in [2.75, 3.05) is 18.4 Å². The zero-order valence-corrected chi connectivity index (χ0v) is 17.9. The summed E-state index contributed by atoms with van der Waals surface area (Å²) in [6, 6.07) is 3.35. The van der Waals surface area contributed by atoms with E-state index in [4.69, 9.17) is 0 Å². The highest BCUT2D eigenvalue weighted by atomic mass is 32.2. The Morgan fingerprint density at radius 3 is 2.59 bits per heavy atom. The van der Waals surface area contributed by atoms with E-state index in [2.05, 4.69) is 29.4 Å². The summed E-state index contributed by atoms with van der Waals surface area (Å²) in [6.45, 7) is 4.94. The van der Waals surface area contributed by atoms with Gasteiger partial charge in [-0.1, -0.05) is 31.3 Å². The number of piperidine rings is 1. The van der Waals surface area contributed by atoms with E-state index in [1.54, 1.807) is 17.5 Å². The van der Waals surface area contributed by atoms with Crippen molar-refractivity contribution in [3.05, 3.63) is 22.5 Å². The lowest BCUT2D eigenvalue weighted by molar-refractivity contribution is -0.120. The molecular weight excluding hydrogens is 404 g/mol. The number of carbonyl (C=O) groups is 1. The third-order valence-electron chi connectivity index (χ3n) is 4.92. The van der Waals surface area contributed by atoms with Crippen molar-refractivity contribution < 1.29 is 13.2 Å². The average molecular weight is 429 g/mol. The third-order valence-corrected chi connectivity index (χ3v) is 9.19. The lowest BCUT2D eigenvalue weighted by Crippen LogP contribution is -2.41. The molecule has 0 aromatic carbocycles. The number of sulfonamides is 1. The molecule has 0 radical (unpaired) electrons. The molecule has 1 N–H and O–H groups in total. The fourth-order valence-electron chi connectivity index (χ4n) is 3.19. The summed E-state index contributed by atoms with van der Waals surface area (Å²) in [7, 11) is -3.44. The van der Waals surface area contributed by atoms with E-state index >= 15 is 0 Å². The first-order chi connectivity index (χ1) is 13.0. The Labute approximate surface area is 167 Å². The SMILES string of the molecule is CCC(CC)c1nnc(NC(=O)C2CCN(S(=O)(=O)c3cccs3)CC2)s1. The Balaban J connectivity index is 1.56. The summed E-state index contributed by atoms with van der Waals surface area (Å²) < 4.78 is 26.9. The van der Waals surface area contributed by atoms with Crippen LogP contribution in [0.25, 0.3) is 0 Å². The minimum Gasteiger partial charge on any atom is -0.300 e. The molecule has 7 nitrogen and oxygen atoms in total. The Morgan fingerprint density at radius 1 is 1.30 bits per heavy atom. The zero-order valence-electron chi connectivity index (χ0n) is 15.4. The maximum absolute atomic E-state index is 12.6. The van der Waals surface area contributed by atoms with Crippen LogP contribution in [-0.2, 0) is 14.8 Å². The van der Waals surface area contributed by atoms with Crippen LogP contribution in [0.4, 0.5) is 5.13 Å². The maximum Gasteiger partial charge on any atom is 0.252 e. The topological polar surface area (TPSA) is 92.3 Å². The Hall–Kier alpha value is -1.36. The normalized spacial score (nSPS) is 16.7. The highest BCUT2D eigenvalue weighted by molar-refractivity contribution is 7.91. The van der Waals surface area contributed by atoms with E-state index < -0.39 is 10.0 Å². The number of amides is 1. The zero-order chi connectivity index (χ0) is 19.4. The summed E-state index contributed by atoms with van der Waals surface area (Å²) in [4.78, 5) is 12.5. The van der Waals surface area contributed by atoms with Gasteiger partial charge in [-0.25, -0.2) is 8.42 Å². The van der Waals surface area contributed by atoms with Crippen LogP contribution in [-0.4, -0.2) is 41.9 Å². The quantitative estimate of drug-likeness (QED) is 0.728. The Morgan fingerprint density at radius 2 is 2.00 bits per heavy atom. The molecule has 0 aliphatic carbocycles. The number of thiophene rings is 1. The second-order valence-corrected chi connectivity index (χ2v) is 10.7. The van der Waals surface area contributed by atoms with Crippen LogP contribution in [0.5, 0.6) is 0 Å². The van der Waals surface area contributed by atoms with Gasteiger partial charge in [-0.3, -0.25) is 4.79 Å². The van der Waals surface area contributed by atoms with Gasteiger partial charge in [-0.05, 0) is 37.1 Å². The summed E-state index contributed by atoms with van der Waals surface area (Å²) in [5.74, 6) is 0.0644. The number of carbonyl (C=O) groups excluding carboxylic acids is 1. The van der Waals surface area contributed by atoms with Crippen molar-refractivity contribution >= 4 is 43.7 Å². The van der Waals surface area contributed by atoms with Gasteiger partial charge in [0.1, 0.15) is 9.22 Å². The first kappa shape index (κ1) is 20.4. The maximum atomic E-state index is 12.6. The number of hydrogen-bond acceptors (Lipinski definition) is 7. The van der Waals surface area contributed by atoms with Crippen LogP contribution >= 0.6 is 22.7 Å². The number of anilines is 1. The molecule has 2 aromatic heterocycles. The molecule has 148 valence electrons. The summed E-state index contributed by atoms with van der Waals surface area (Å²) >= 11 is 2.64. The monoisotopic (exact) mass is 428 g/mol. The van der Waals surface area contributed by atoms with E-state index in [0.29, 0.717) is 41.2 Å². The Kier molecular flexibility index (Phi) is 6.61. The fraction of sp³-hybridized carbons (Fsp3) is 0.588. The molecule has 0 spiro atoms. The molecule has 1 aliphatic heterocycles. The van der Waals surface area contributed by atoms with E-state index in [-0.39, 0.29) is 11.8 Å². The number of nitrogens with zero attached hydrogens (tertiary/aromatic N) is 3. The second-order valence-electron chi connectivity index (χ2n) is 6.56. The fourth-order valence-corrected chi connectivity index (χ4v) is 6.82. The first-order valence-electron chi connectivity index (χ1n) is 9.13. The predicted octanol–water partition coefficient (Wildman–Crippen LogP) is 3.54. The lowest BCUT2D eigenvalue weighted by atomic mass is 9.97. The number of nitrogens with one attached hydrogen (secondary N) is 1. The van der Waals surface area contributed by atoms with E-state index in [1.165, 1.54) is 27.0 Å². The molecule has 10 heteroatoms. The minimum atomic E-state index is -3.44. The van der Waals surface area contributed by atoms with Gasteiger partial charge in [-0.15, -0.1) is 21.5 Å². The van der Waals surface area contributed by atoms with Crippen LogP contribution in [0, 0.1) is 5.92 Å². The smallest absolute Gasteiger partial charge is 0.252 e. The van der Waals surface area contributed by atoms with Crippen LogP contribution < -0.4 is 5.32 Å². The Bertz CT molecular complexity index is 852. The van der Waals surface area contributed by atoms with Crippen LogP contribution in [0.2, 0.25) is 0 Å². The summed E-state index contributed by atoms with van der Waals surface area (Å²) in [5.41, 5.74) is 0. The van der Waals surface area contributed by atoms with Crippen molar-refractivity contribution in [2.45, 2.75) is 49.7 Å². The van der Waals surface area contributed by atoms with E-state index in [0.717, 1.165) is 17.8 Å². The molecule has 0 saturated carbocycles. The molecule has 1 fully saturated rings. The molecule has 0 unspecified atom stereocenters. The first-order valence-corrected chi connectivity index (χ1v) is 12.3. The molecule has 27 heavy (non-hydrogen) atoms. The average Bonchev–Trinajstić information content (AvgIpc) is 3.36. The molecule has 0 atom stereocenters. The van der Waals surface area contributed by atoms with Crippen molar-refractivity contribution in [1.29, 1.82) is 0 Å². The van der Waals surface area contributed by atoms with Crippen molar-refractivity contribution in [3.63, 3.8) is 0 Å². The third kappa shape index (κ3) is 4.56. The van der Waals surface area contributed by atoms with Gasteiger partial charge < -0.3 is 5.32 Å². The van der Waals surface area contributed by atoms with Crippen molar-refractivity contribution in [1.82, 2.24) is 14.5 Å².